The number of hydrogen-bond donors (Lipinski definition) is 0. The molecule has 0 atom stereocenters. The maximum atomic E-state index is 9.48. The van der Waals surface area contributed by atoms with Crippen molar-refractivity contribution in [2.45, 2.75) is 6.42 Å². The number of fused-ring (bicyclic) bond motifs is 1. The average molecular weight is 346 g/mol. The molecule has 0 bridgehead atoms. The summed E-state index contributed by atoms with van der Waals surface area (Å²) in [5.74, 6) is 0. The number of nitriles is 3. The van der Waals surface area contributed by atoms with E-state index < -0.39 is 0 Å². The van der Waals surface area contributed by atoms with Gasteiger partial charge in [0, 0.05) is 23.5 Å². The molecule has 0 aliphatic carbocycles. The summed E-state index contributed by atoms with van der Waals surface area (Å²) in [7, 11) is 0. The number of benzene rings is 3. The van der Waals surface area contributed by atoms with E-state index in [1.807, 2.05) is 36.4 Å². The Kier molecular flexibility index (Phi) is 4.06. The summed E-state index contributed by atoms with van der Waals surface area (Å²) >= 11 is 0. The molecule has 1 heterocycles. The average Bonchev–Trinajstić information content (AvgIpc) is 3.17. The van der Waals surface area contributed by atoms with E-state index >= 15 is 0 Å². The largest absolute Gasteiger partial charge is 0.341 e. The third-order valence-corrected chi connectivity index (χ3v) is 4.86. The van der Waals surface area contributed by atoms with Gasteiger partial charge in [0.25, 0.3) is 0 Å². The van der Waals surface area contributed by atoms with Gasteiger partial charge in [0.2, 0.25) is 0 Å². The smallest absolute Gasteiger partial charge is 0.0999 e. The fraction of sp³-hybridized carbons (Fsp3) is 0.0870. The van der Waals surface area contributed by atoms with Gasteiger partial charge in [0.1, 0.15) is 0 Å². The Hall–Kier alpha value is -4.07. The van der Waals surface area contributed by atoms with Crippen LogP contribution in [-0.2, 0) is 6.42 Å². The summed E-state index contributed by atoms with van der Waals surface area (Å²) in [4.78, 5) is 2.27. The van der Waals surface area contributed by atoms with Crippen LogP contribution in [0.15, 0.2) is 60.7 Å². The van der Waals surface area contributed by atoms with Crippen LogP contribution in [0.3, 0.4) is 0 Å². The highest BCUT2D eigenvalue weighted by Crippen LogP contribution is 2.36. The van der Waals surface area contributed by atoms with Crippen molar-refractivity contribution in [1.29, 1.82) is 15.8 Å². The minimum atomic E-state index is 0.317. The van der Waals surface area contributed by atoms with E-state index in [0.717, 1.165) is 24.2 Å². The summed E-state index contributed by atoms with van der Waals surface area (Å²) < 4.78 is 0. The van der Waals surface area contributed by atoms with Crippen molar-refractivity contribution in [3.05, 3.63) is 82.9 Å². The summed E-state index contributed by atoms with van der Waals surface area (Å²) in [5.41, 5.74) is 6.00. The molecular weight excluding hydrogens is 332 g/mol. The molecule has 1 aliphatic rings. The maximum Gasteiger partial charge on any atom is 0.0999 e. The third kappa shape index (κ3) is 2.78. The fourth-order valence-electron chi connectivity index (χ4n) is 3.61. The first-order valence-electron chi connectivity index (χ1n) is 8.59. The van der Waals surface area contributed by atoms with Gasteiger partial charge in [-0.05, 0) is 47.9 Å². The van der Waals surface area contributed by atoms with E-state index in [4.69, 9.17) is 5.26 Å². The van der Waals surface area contributed by atoms with E-state index in [1.54, 1.807) is 0 Å². The molecule has 4 rings (SSSR count). The Bertz CT molecular complexity index is 1120. The Labute approximate surface area is 157 Å². The highest BCUT2D eigenvalue weighted by Gasteiger charge is 2.20. The molecule has 0 saturated heterocycles. The van der Waals surface area contributed by atoms with Crippen LogP contribution < -0.4 is 4.90 Å². The van der Waals surface area contributed by atoms with Crippen molar-refractivity contribution in [3.63, 3.8) is 0 Å². The number of anilines is 2. The molecule has 4 heteroatoms. The molecule has 27 heavy (non-hydrogen) atoms. The van der Waals surface area contributed by atoms with Gasteiger partial charge in [0.05, 0.1) is 34.9 Å². The quantitative estimate of drug-likeness (QED) is 0.676. The molecule has 0 N–H and O–H groups in total. The van der Waals surface area contributed by atoms with Gasteiger partial charge < -0.3 is 4.90 Å². The van der Waals surface area contributed by atoms with E-state index in [2.05, 4.69) is 35.2 Å². The molecule has 3 aromatic rings. The predicted octanol–water partition coefficient (Wildman–Crippen LogP) is 4.66. The first-order chi connectivity index (χ1) is 13.2. The molecular formula is C23H14N4. The summed E-state index contributed by atoms with van der Waals surface area (Å²) in [6, 6.07) is 25.5. The van der Waals surface area contributed by atoms with Gasteiger partial charge in [-0.25, -0.2) is 0 Å². The lowest BCUT2D eigenvalue weighted by Crippen LogP contribution is -2.12. The van der Waals surface area contributed by atoms with Crippen LogP contribution >= 0.6 is 0 Å². The number of rotatable bonds is 2. The summed E-state index contributed by atoms with van der Waals surface area (Å²) in [6.07, 6.45) is 1.02. The second kappa shape index (κ2) is 6.68. The molecule has 4 nitrogen and oxygen atoms in total. The topological polar surface area (TPSA) is 74.6 Å². The Morgan fingerprint density at radius 2 is 1.44 bits per heavy atom. The molecule has 0 aromatic heterocycles. The zero-order valence-electron chi connectivity index (χ0n) is 14.5. The SMILES string of the molecule is N#Cc1cc(C#N)c(-c2ccc(N3CCc4ccccc43)cc2)c(C#N)c1. The standard InChI is InChI=1S/C23H14N4/c24-13-16-11-19(14-25)23(20(12-16)15-26)18-5-7-21(8-6-18)27-10-9-17-3-1-2-4-22(17)27/h1-8,11-12H,9-10H2. The van der Waals surface area contributed by atoms with Crippen LogP contribution in [0.4, 0.5) is 11.4 Å². The van der Waals surface area contributed by atoms with Crippen molar-refractivity contribution < 1.29 is 0 Å². The highest BCUT2D eigenvalue weighted by atomic mass is 15.2. The molecule has 0 spiro atoms. The number of nitrogens with zero attached hydrogens (tertiary/aromatic N) is 4. The first kappa shape index (κ1) is 16.4. The molecule has 1 aliphatic heterocycles. The van der Waals surface area contributed by atoms with Gasteiger partial charge in [-0.1, -0.05) is 30.3 Å². The molecule has 126 valence electrons. The van der Waals surface area contributed by atoms with Crippen LogP contribution in [0.25, 0.3) is 11.1 Å². The highest BCUT2D eigenvalue weighted by molar-refractivity contribution is 5.80. The van der Waals surface area contributed by atoms with Crippen molar-refractivity contribution in [3.8, 4) is 29.3 Å². The summed E-state index contributed by atoms with van der Waals surface area (Å²) in [5, 5.41) is 28.1. The molecule has 0 radical (unpaired) electrons. The normalized spacial score (nSPS) is 12.0. The van der Waals surface area contributed by atoms with Crippen molar-refractivity contribution in [2.24, 2.45) is 0 Å². The second-order valence-electron chi connectivity index (χ2n) is 6.36. The molecule has 0 saturated carbocycles. The lowest BCUT2D eigenvalue weighted by Gasteiger charge is -2.20. The van der Waals surface area contributed by atoms with Gasteiger partial charge in [-0.2, -0.15) is 15.8 Å². The van der Waals surface area contributed by atoms with Crippen molar-refractivity contribution in [2.75, 3.05) is 11.4 Å². The van der Waals surface area contributed by atoms with E-state index in [-0.39, 0.29) is 0 Å². The van der Waals surface area contributed by atoms with Gasteiger partial charge >= 0.3 is 0 Å². The van der Waals surface area contributed by atoms with Crippen LogP contribution in [0, 0.1) is 34.0 Å². The zero-order chi connectivity index (χ0) is 18.8. The summed E-state index contributed by atoms with van der Waals surface area (Å²) in [6.45, 7) is 0.933. The number of hydrogen-bond acceptors (Lipinski definition) is 4. The van der Waals surface area contributed by atoms with Gasteiger partial charge in [0.15, 0.2) is 0 Å². The van der Waals surface area contributed by atoms with Gasteiger partial charge in [-0.3, -0.25) is 0 Å². The minimum absolute atomic E-state index is 0.317. The zero-order valence-corrected chi connectivity index (χ0v) is 14.5. The lowest BCUT2D eigenvalue weighted by molar-refractivity contribution is 0.998. The lowest BCUT2D eigenvalue weighted by atomic mass is 9.93. The van der Waals surface area contributed by atoms with Gasteiger partial charge in [-0.15, -0.1) is 0 Å². The Morgan fingerprint density at radius 3 is 2.07 bits per heavy atom. The number of para-hydroxylation sites is 1. The first-order valence-corrected chi connectivity index (χ1v) is 8.59. The maximum absolute atomic E-state index is 9.48. The predicted molar refractivity (Wildman–Crippen MR) is 103 cm³/mol. The monoisotopic (exact) mass is 346 g/mol. The third-order valence-electron chi connectivity index (χ3n) is 4.86. The fourth-order valence-corrected chi connectivity index (χ4v) is 3.61. The molecule has 0 fully saturated rings. The van der Waals surface area contributed by atoms with Crippen molar-refractivity contribution >= 4 is 11.4 Å². The van der Waals surface area contributed by atoms with E-state index in [9.17, 15) is 10.5 Å². The Morgan fingerprint density at radius 1 is 0.778 bits per heavy atom. The second-order valence-corrected chi connectivity index (χ2v) is 6.36. The van der Waals surface area contributed by atoms with Crippen LogP contribution in [0.2, 0.25) is 0 Å². The van der Waals surface area contributed by atoms with Crippen LogP contribution in [-0.4, -0.2) is 6.54 Å². The van der Waals surface area contributed by atoms with E-state index in [1.165, 1.54) is 23.4 Å². The van der Waals surface area contributed by atoms with Crippen molar-refractivity contribution in [1.82, 2.24) is 0 Å². The molecule has 3 aromatic carbocycles. The molecule has 0 unspecified atom stereocenters. The minimum Gasteiger partial charge on any atom is -0.341 e. The van der Waals surface area contributed by atoms with Crippen LogP contribution in [0.1, 0.15) is 22.3 Å². The molecule has 0 amide bonds. The van der Waals surface area contributed by atoms with Crippen LogP contribution in [0.5, 0.6) is 0 Å². The van der Waals surface area contributed by atoms with E-state index in [0.29, 0.717) is 22.3 Å². The Balaban J connectivity index is 1.76.